The fraction of sp³-hybridized carbons (Fsp3) is 0.368. The van der Waals surface area contributed by atoms with Crippen molar-refractivity contribution in [1.82, 2.24) is 20.4 Å². The molecule has 0 bridgehead atoms. The summed E-state index contributed by atoms with van der Waals surface area (Å²) in [5.74, 6) is 0.244. The zero-order valence-electron chi connectivity index (χ0n) is 14.8. The molecule has 1 saturated heterocycles. The van der Waals surface area contributed by atoms with Gasteiger partial charge in [0, 0.05) is 41.8 Å². The predicted molar refractivity (Wildman–Crippen MR) is 108 cm³/mol. The van der Waals surface area contributed by atoms with Gasteiger partial charge in [0.05, 0.1) is 18.2 Å². The molecule has 0 aliphatic carbocycles. The monoisotopic (exact) mass is 390 g/mol. The van der Waals surface area contributed by atoms with Crippen LogP contribution in [0.1, 0.15) is 29.3 Å². The van der Waals surface area contributed by atoms with Crippen molar-refractivity contribution in [2.24, 2.45) is 13.0 Å². The number of hydrogen-bond acceptors (Lipinski definition) is 4. The Hall–Kier alpha value is -1.89. The number of amides is 1. The molecule has 2 aromatic heterocycles. The molecule has 1 aliphatic rings. The topological polar surface area (TPSA) is 59.0 Å². The summed E-state index contributed by atoms with van der Waals surface area (Å²) in [7, 11) is 1.91. The van der Waals surface area contributed by atoms with E-state index < -0.39 is 0 Å². The van der Waals surface area contributed by atoms with Crippen LogP contribution in [0.2, 0.25) is 0 Å². The van der Waals surface area contributed by atoms with E-state index in [1.807, 2.05) is 25.5 Å². The smallest absolute Gasteiger partial charge is 0.225 e. The molecule has 1 fully saturated rings. The molecule has 1 amide bonds. The van der Waals surface area contributed by atoms with Crippen molar-refractivity contribution in [2.45, 2.75) is 18.9 Å². The lowest BCUT2D eigenvalue weighted by atomic mass is 9.90. The lowest BCUT2D eigenvalue weighted by Crippen LogP contribution is -2.35. The Labute approximate surface area is 163 Å². The van der Waals surface area contributed by atoms with E-state index in [2.05, 4.69) is 46.9 Å². The van der Waals surface area contributed by atoms with Gasteiger partial charge in [-0.05, 0) is 30.0 Å². The van der Waals surface area contributed by atoms with Crippen LogP contribution in [0.3, 0.4) is 0 Å². The van der Waals surface area contributed by atoms with Crippen molar-refractivity contribution in [3.05, 3.63) is 53.2 Å². The zero-order chi connectivity index (χ0) is 17.4. The molecule has 3 heterocycles. The minimum atomic E-state index is -0.0546. The number of hydrogen-bond donors (Lipinski definition) is 2. The van der Waals surface area contributed by atoms with E-state index >= 15 is 0 Å². The van der Waals surface area contributed by atoms with E-state index in [-0.39, 0.29) is 36.2 Å². The Balaban J connectivity index is 0.00000196. The minimum Gasteiger partial charge on any atom is -0.348 e. The highest BCUT2D eigenvalue weighted by Crippen LogP contribution is 2.31. The molecule has 3 atom stereocenters. The van der Waals surface area contributed by atoms with Gasteiger partial charge in [0.15, 0.2) is 0 Å². The molecule has 1 aromatic carbocycles. The van der Waals surface area contributed by atoms with Crippen molar-refractivity contribution in [3.8, 4) is 0 Å². The largest absolute Gasteiger partial charge is 0.348 e. The normalized spacial score (nSPS) is 20.7. The molecule has 0 radical (unpaired) electrons. The van der Waals surface area contributed by atoms with Crippen LogP contribution in [0.25, 0.3) is 10.1 Å². The van der Waals surface area contributed by atoms with Gasteiger partial charge in [-0.25, -0.2) is 0 Å². The molecule has 4 rings (SSSR count). The van der Waals surface area contributed by atoms with Crippen LogP contribution in [0.4, 0.5) is 0 Å². The van der Waals surface area contributed by atoms with E-state index in [9.17, 15) is 4.79 Å². The highest BCUT2D eigenvalue weighted by molar-refractivity contribution is 7.19. The van der Waals surface area contributed by atoms with Gasteiger partial charge in [0.25, 0.3) is 0 Å². The lowest BCUT2D eigenvalue weighted by molar-refractivity contribution is -0.125. The summed E-state index contributed by atoms with van der Waals surface area (Å²) in [4.78, 5) is 14.1. The molecule has 0 spiro atoms. The van der Waals surface area contributed by atoms with Gasteiger partial charge in [0.1, 0.15) is 0 Å². The second kappa shape index (κ2) is 7.78. The number of halogens is 1. The number of benzene rings is 1. The molecule has 0 saturated carbocycles. The number of nitrogens with zero attached hydrogens (tertiary/aromatic N) is 2. The van der Waals surface area contributed by atoms with E-state index in [4.69, 9.17) is 0 Å². The number of fused-ring (bicyclic) bond motifs is 1. The van der Waals surface area contributed by atoms with E-state index in [0.29, 0.717) is 6.54 Å². The van der Waals surface area contributed by atoms with E-state index in [1.165, 1.54) is 15.0 Å². The molecule has 2 N–H and O–H groups in total. The summed E-state index contributed by atoms with van der Waals surface area (Å²) in [6, 6.07) is 10.5. The van der Waals surface area contributed by atoms with Crippen LogP contribution in [0.15, 0.2) is 42.7 Å². The summed E-state index contributed by atoms with van der Waals surface area (Å²) < 4.78 is 3.05. The van der Waals surface area contributed by atoms with Gasteiger partial charge < -0.3 is 10.6 Å². The van der Waals surface area contributed by atoms with Crippen molar-refractivity contribution in [1.29, 1.82) is 0 Å². The highest BCUT2D eigenvalue weighted by atomic mass is 35.5. The Bertz CT molecular complexity index is 873. The fourth-order valence-corrected chi connectivity index (χ4v) is 4.61. The number of aromatic nitrogens is 2. The van der Waals surface area contributed by atoms with Crippen molar-refractivity contribution in [3.63, 3.8) is 0 Å². The summed E-state index contributed by atoms with van der Waals surface area (Å²) in [6.45, 7) is 3.59. The zero-order valence-corrected chi connectivity index (χ0v) is 16.4. The first kappa shape index (κ1) is 18.9. The summed E-state index contributed by atoms with van der Waals surface area (Å²) in [5.41, 5.74) is 1.13. The third-order valence-corrected chi connectivity index (χ3v) is 6.23. The lowest BCUT2D eigenvalue weighted by Gasteiger charge is -2.20. The Morgan fingerprint density at radius 3 is 2.92 bits per heavy atom. The second-order valence-corrected chi connectivity index (χ2v) is 7.85. The van der Waals surface area contributed by atoms with Crippen LogP contribution in [-0.2, 0) is 11.8 Å². The third kappa shape index (κ3) is 3.63. The highest BCUT2D eigenvalue weighted by Gasteiger charge is 2.35. The predicted octanol–water partition coefficient (Wildman–Crippen LogP) is 3.24. The van der Waals surface area contributed by atoms with E-state index in [0.717, 1.165) is 12.1 Å². The van der Waals surface area contributed by atoms with Gasteiger partial charge >= 0.3 is 0 Å². The van der Waals surface area contributed by atoms with Crippen LogP contribution in [-0.4, -0.2) is 28.8 Å². The summed E-state index contributed by atoms with van der Waals surface area (Å²) in [5, 5.41) is 12.0. The van der Waals surface area contributed by atoms with E-state index in [1.54, 1.807) is 16.0 Å². The maximum absolute atomic E-state index is 12.9. The molecule has 1 aliphatic heterocycles. The number of nitrogens with one attached hydrogen (secondary N) is 2. The van der Waals surface area contributed by atoms with Gasteiger partial charge in [-0.15, -0.1) is 23.7 Å². The summed E-state index contributed by atoms with van der Waals surface area (Å²) >= 11 is 1.75. The maximum atomic E-state index is 12.9. The van der Waals surface area contributed by atoms with Crippen molar-refractivity contribution >= 4 is 39.7 Å². The molecule has 138 valence electrons. The standard InChI is InChI=1S/C19H22N4OS.ClH/c1-12(18-7-13-5-3-4-6-17(13)25-18)22-19(24)16-10-20-9-15(16)14-8-21-23(2)11-14;/h3-8,11-12,15-16,20H,9-10H2,1-2H3,(H,22,24);1H/t12?,15-,16+;/m1./s1. The number of aryl methyl sites for hydroxylation is 1. The summed E-state index contributed by atoms with van der Waals surface area (Å²) in [6.07, 6.45) is 3.88. The van der Waals surface area contributed by atoms with Crippen LogP contribution < -0.4 is 10.6 Å². The number of rotatable bonds is 4. The maximum Gasteiger partial charge on any atom is 0.225 e. The van der Waals surface area contributed by atoms with Gasteiger partial charge in [-0.1, -0.05) is 18.2 Å². The van der Waals surface area contributed by atoms with Gasteiger partial charge in [-0.2, -0.15) is 5.10 Å². The van der Waals surface area contributed by atoms with Crippen molar-refractivity contribution < 1.29 is 4.79 Å². The Morgan fingerprint density at radius 2 is 2.19 bits per heavy atom. The van der Waals surface area contributed by atoms with Gasteiger partial charge in [-0.3, -0.25) is 9.48 Å². The van der Waals surface area contributed by atoms with Crippen LogP contribution in [0.5, 0.6) is 0 Å². The third-order valence-electron chi connectivity index (χ3n) is 4.93. The molecule has 5 nitrogen and oxygen atoms in total. The number of thiophene rings is 1. The average molecular weight is 391 g/mol. The van der Waals surface area contributed by atoms with Crippen LogP contribution >= 0.6 is 23.7 Å². The molecule has 3 aromatic rings. The first-order valence-corrected chi connectivity index (χ1v) is 9.41. The average Bonchev–Trinajstić information content (AvgIpc) is 3.32. The first-order valence-electron chi connectivity index (χ1n) is 8.60. The SMILES string of the molecule is CC(NC(=O)[C@H]1CNC[C@@H]1c1cnn(C)c1)c1cc2ccccc2s1.Cl. The molecule has 26 heavy (non-hydrogen) atoms. The van der Waals surface area contributed by atoms with Crippen molar-refractivity contribution in [2.75, 3.05) is 13.1 Å². The Kier molecular flexibility index (Phi) is 5.65. The first-order chi connectivity index (χ1) is 12.1. The van der Waals surface area contributed by atoms with Gasteiger partial charge in [0.2, 0.25) is 5.91 Å². The number of carbonyl (C=O) groups is 1. The fourth-order valence-electron chi connectivity index (χ4n) is 3.54. The molecule has 7 heteroatoms. The minimum absolute atomic E-state index is 0. The van der Waals surface area contributed by atoms with Crippen LogP contribution in [0, 0.1) is 5.92 Å². The molecular formula is C19H23ClN4OS. The quantitative estimate of drug-likeness (QED) is 0.719. The second-order valence-electron chi connectivity index (χ2n) is 6.74. The Morgan fingerprint density at radius 1 is 1.38 bits per heavy atom. The number of carbonyl (C=O) groups excluding carboxylic acids is 1. The molecular weight excluding hydrogens is 368 g/mol. The molecule has 1 unspecified atom stereocenters.